The van der Waals surface area contributed by atoms with E-state index in [0.29, 0.717) is 28.2 Å². The lowest BCUT2D eigenvalue weighted by Gasteiger charge is -2.13. The van der Waals surface area contributed by atoms with Gasteiger partial charge in [0.25, 0.3) is 0 Å². The maximum absolute atomic E-state index is 12.5. The topological polar surface area (TPSA) is 73.0 Å². The zero-order valence-electron chi connectivity index (χ0n) is 15.0. The van der Waals surface area contributed by atoms with Crippen LogP contribution in [0.4, 0.5) is 5.69 Å². The average Bonchev–Trinajstić information content (AvgIpc) is 3.21. The third-order valence-electron chi connectivity index (χ3n) is 3.87. The van der Waals surface area contributed by atoms with Crippen LogP contribution < -0.4 is 5.32 Å². The Labute approximate surface area is 166 Å². The van der Waals surface area contributed by atoms with Crippen LogP contribution >= 0.6 is 23.4 Å². The molecule has 8 heteroatoms. The Hall–Kier alpha value is -2.51. The number of nitrogens with one attached hydrogen (secondary N) is 1. The number of thioether (sulfide) groups is 1. The molecule has 0 aliphatic heterocycles. The van der Waals surface area contributed by atoms with E-state index >= 15 is 0 Å². The molecule has 1 aromatic carbocycles. The predicted molar refractivity (Wildman–Crippen MR) is 108 cm³/mol. The molecular weight excluding hydrogens is 384 g/mol. The molecular formula is C19H19ClN4O2S. The molecule has 0 saturated heterocycles. The highest BCUT2D eigenvalue weighted by molar-refractivity contribution is 8.00. The molecule has 1 amide bonds. The minimum atomic E-state index is -0.380. The van der Waals surface area contributed by atoms with E-state index in [4.69, 9.17) is 16.0 Å². The summed E-state index contributed by atoms with van der Waals surface area (Å²) in [5.41, 5.74) is 1.52. The monoisotopic (exact) mass is 402 g/mol. The molecule has 0 bridgehead atoms. The van der Waals surface area contributed by atoms with Crippen LogP contribution in [0.1, 0.15) is 12.7 Å². The first-order chi connectivity index (χ1) is 13.0. The Morgan fingerprint density at radius 3 is 2.93 bits per heavy atom. The van der Waals surface area contributed by atoms with Gasteiger partial charge in [-0.3, -0.25) is 9.36 Å². The minimum absolute atomic E-state index is 0.142. The fourth-order valence-electron chi connectivity index (χ4n) is 2.51. The zero-order chi connectivity index (χ0) is 19.4. The van der Waals surface area contributed by atoms with Crippen LogP contribution in [0, 0.1) is 6.92 Å². The molecule has 0 saturated carbocycles. The van der Waals surface area contributed by atoms with Gasteiger partial charge in [-0.25, -0.2) is 0 Å². The average molecular weight is 403 g/mol. The van der Waals surface area contributed by atoms with E-state index in [0.717, 1.165) is 11.3 Å². The van der Waals surface area contributed by atoms with Gasteiger partial charge in [-0.15, -0.1) is 16.8 Å². The number of carbonyl (C=O) groups excluding carboxylic acids is 1. The van der Waals surface area contributed by atoms with Crippen molar-refractivity contribution in [1.82, 2.24) is 14.8 Å². The molecule has 0 aliphatic carbocycles. The summed E-state index contributed by atoms with van der Waals surface area (Å²) in [5, 5.41) is 12.2. The van der Waals surface area contributed by atoms with Crippen molar-refractivity contribution in [3.05, 3.63) is 60.0 Å². The van der Waals surface area contributed by atoms with Crippen LogP contribution in [0.5, 0.6) is 0 Å². The molecule has 1 atom stereocenters. The highest BCUT2D eigenvalue weighted by Gasteiger charge is 2.21. The molecule has 2 heterocycles. The number of aryl methyl sites for hydroxylation is 1. The van der Waals surface area contributed by atoms with E-state index in [2.05, 4.69) is 22.1 Å². The van der Waals surface area contributed by atoms with E-state index in [9.17, 15) is 4.79 Å². The van der Waals surface area contributed by atoms with Crippen LogP contribution in [-0.2, 0) is 11.3 Å². The maximum atomic E-state index is 12.5. The summed E-state index contributed by atoms with van der Waals surface area (Å²) in [7, 11) is 0. The lowest BCUT2D eigenvalue weighted by Crippen LogP contribution is -2.23. The first kappa shape index (κ1) is 19.3. The van der Waals surface area contributed by atoms with Crippen molar-refractivity contribution in [3.8, 4) is 11.4 Å². The number of aromatic nitrogens is 3. The van der Waals surface area contributed by atoms with Gasteiger partial charge in [0.1, 0.15) is 5.76 Å². The molecule has 0 aliphatic rings. The second-order valence-corrected chi connectivity index (χ2v) is 7.60. The quantitative estimate of drug-likeness (QED) is 0.453. The Morgan fingerprint density at radius 1 is 1.44 bits per heavy atom. The summed E-state index contributed by atoms with van der Waals surface area (Å²) >= 11 is 7.29. The largest absolute Gasteiger partial charge is 0.469 e. The summed E-state index contributed by atoms with van der Waals surface area (Å²) < 4.78 is 7.28. The number of hydrogen-bond acceptors (Lipinski definition) is 5. The van der Waals surface area contributed by atoms with Crippen LogP contribution in [0.15, 0.2) is 58.8 Å². The number of carbonyl (C=O) groups is 1. The number of halogens is 1. The van der Waals surface area contributed by atoms with Crippen LogP contribution in [-0.4, -0.2) is 25.9 Å². The third-order valence-corrected chi connectivity index (χ3v) is 5.19. The van der Waals surface area contributed by atoms with Crippen molar-refractivity contribution >= 4 is 35.0 Å². The predicted octanol–water partition coefficient (Wildman–Crippen LogP) is 4.81. The SMILES string of the molecule is C=CCn1c(S[C@@H](C)C(=O)Nc2cccc(Cl)c2)nnc1-c1ccoc1C. The Kier molecular flexibility index (Phi) is 6.03. The zero-order valence-corrected chi connectivity index (χ0v) is 16.5. The summed E-state index contributed by atoms with van der Waals surface area (Å²) in [6, 6.07) is 8.89. The summed E-state index contributed by atoms with van der Waals surface area (Å²) in [4.78, 5) is 12.5. The number of benzene rings is 1. The molecule has 0 spiro atoms. The van der Waals surface area contributed by atoms with Gasteiger partial charge in [-0.2, -0.15) is 0 Å². The second-order valence-electron chi connectivity index (χ2n) is 5.86. The van der Waals surface area contributed by atoms with Crippen molar-refractivity contribution in [2.75, 3.05) is 5.32 Å². The Balaban J connectivity index is 1.78. The van der Waals surface area contributed by atoms with Crippen molar-refractivity contribution in [2.45, 2.75) is 30.8 Å². The van der Waals surface area contributed by atoms with Gasteiger partial charge in [0.2, 0.25) is 5.91 Å². The fraction of sp³-hybridized carbons (Fsp3) is 0.211. The standard InChI is InChI=1S/C19H19ClN4O2S/c1-4-9-24-17(16-8-10-26-12(16)2)22-23-19(24)27-13(3)18(25)21-15-7-5-6-14(20)11-15/h4-8,10-11,13H,1,9H2,2-3H3,(H,21,25)/t13-/m0/s1. The molecule has 0 unspecified atom stereocenters. The van der Waals surface area contributed by atoms with Gasteiger partial charge < -0.3 is 9.73 Å². The highest BCUT2D eigenvalue weighted by Crippen LogP contribution is 2.29. The van der Waals surface area contributed by atoms with Crippen LogP contribution in [0.25, 0.3) is 11.4 Å². The molecule has 27 heavy (non-hydrogen) atoms. The van der Waals surface area contributed by atoms with Gasteiger partial charge in [0, 0.05) is 17.3 Å². The van der Waals surface area contributed by atoms with Gasteiger partial charge >= 0.3 is 0 Å². The van der Waals surface area contributed by atoms with Gasteiger partial charge in [0.05, 0.1) is 17.1 Å². The Morgan fingerprint density at radius 2 is 2.26 bits per heavy atom. The molecule has 1 N–H and O–H groups in total. The first-order valence-corrected chi connectivity index (χ1v) is 9.57. The summed E-state index contributed by atoms with van der Waals surface area (Å²) in [5.74, 6) is 1.30. The molecule has 6 nitrogen and oxygen atoms in total. The number of rotatable bonds is 7. The molecule has 2 aromatic heterocycles. The smallest absolute Gasteiger partial charge is 0.237 e. The van der Waals surface area contributed by atoms with Gasteiger partial charge in [0.15, 0.2) is 11.0 Å². The normalized spacial score (nSPS) is 12.0. The number of anilines is 1. The number of furan rings is 1. The summed E-state index contributed by atoms with van der Waals surface area (Å²) in [6.07, 6.45) is 3.38. The van der Waals surface area contributed by atoms with Gasteiger partial charge in [-0.05, 0) is 38.1 Å². The van der Waals surface area contributed by atoms with Crippen molar-refractivity contribution < 1.29 is 9.21 Å². The fourth-order valence-corrected chi connectivity index (χ4v) is 3.56. The van der Waals surface area contributed by atoms with Crippen molar-refractivity contribution in [2.24, 2.45) is 0 Å². The van der Waals surface area contributed by atoms with E-state index in [-0.39, 0.29) is 11.2 Å². The highest BCUT2D eigenvalue weighted by atomic mass is 35.5. The lowest BCUT2D eigenvalue weighted by molar-refractivity contribution is -0.115. The number of allylic oxidation sites excluding steroid dienone is 1. The van der Waals surface area contributed by atoms with E-state index < -0.39 is 0 Å². The van der Waals surface area contributed by atoms with E-state index in [1.807, 2.05) is 24.5 Å². The maximum Gasteiger partial charge on any atom is 0.237 e. The van der Waals surface area contributed by atoms with E-state index in [1.165, 1.54) is 11.8 Å². The minimum Gasteiger partial charge on any atom is -0.469 e. The van der Waals surface area contributed by atoms with Crippen molar-refractivity contribution in [3.63, 3.8) is 0 Å². The number of amides is 1. The molecule has 3 rings (SSSR count). The van der Waals surface area contributed by atoms with Crippen LogP contribution in [0.2, 0.25) is 5.02 Å². The molecule has 0 fully saturated rings. The lowest BCUT2D eigenvalue weighted by atomic mass is 10.2. The summed E-state index contributed by atoms with van der Waals surface area (Å²) in [6.45, 7) is 8.02. The Bertz CT molecular complexity index is 966. The number of hydrogen-bond donors (Lipinski definition) is 1. The van der Waals surface area contributed by atoms with E-state index in [1.54, 1.807) is 36.6 Å². The molecule has 0 radical (unpaired) electrons. The number of nitrogens with zero attached hydrogens (tertiary/aromatic N) is 3. The van der Waals surface area contributed by atoms with Gasteiger partial charge in [-0.1, -0.05) is 35.5 Å². The van der Waals surface area contributed by atoms with Crippen LogP contribution in [0.3, 0.4) is 0 Å². The third kappa shape index (κ3) is 4.43. The molecule has 140 valence electrons. The second kappa shape index (κ2) is 8.45. The van der Waals surface area contributed by atoms with Crippen molar-refractivity contribution in [1.29, 1.82) is 0 Å². The molecule has 3 aromatic rings. The first-order valence-electron chi connectivity index (χ1n) is 8.31.